The summed E-state index contributed by atoms with van der Waals surface area (Å²) in [5.74, 6) is 6.01. The van der Waals surface area contributed by atoms with Gasteiger partial charge in [-0.2, -0.15) is 0 Å². The molecule has 0 saturated heterocycles. The molecule has 0 aliphatic rings. The third-order valence-electron chi connectivity index (χ3n) is 2.82. The van der Waals surface area contributed by atoms with Crippen LogP contribution in [-0.4, -0.2) is 32.2 Å². The summed E-state index contributed by atoms with van der Waals surface area (Å²) < 4.78 is 1.76. The van der Waals surface area contributed by atoms with Gasteiger partial charge in [0.05, 0.1) is 18.2 Å². The molecule has 21 heavy (non-hydrogen) atoms. The Labute approximate surface area is 122 Å². The van der Waals surface area contributed by atoms with Crippen molar-refractivity contribution in [2.75, 3.05) is 6.54 Å². The topological polar surface area (TPSA) is 98.7 Å². The van der Waals surface area contributed by atoms with E-state index < -0.39 is 0 Å². The molecule has 0 spiro atoms. The highest BCUT2D eigenvalue weighted by molar-refractivity contribution is 5.94. The number of carbonyl (C=O) groups excluding carboxylic acids is 1. The van der Waals surface area contributed by atoms with E-state index in [9.17, 15) is 4.79 Å². The van der Waals surface area contributed by atoms with Gasteiger partial charge < -0.3 is 15.6 Å². The van der Waals surface area contributed by atoms with Gasteiger partial charge in [-0.15, -0.1) is 10.2 Å². The molecule has 0 saturated carbocycles. The van der Waals surface area contributed by atoms with E-state index in [0.29, 0.717) is 17.0 Å². The Hall–Kier alpha value is -2.72. The third kappa shape index (κ3) is 3.64. The molecule has 0 aromatic carbocycles. The van der Waals surface area contributed by atoms with Crippen molar-refractivity contribution in [2.45, 2.75) is 13.0 Å². The van der Waals surface area contributed by atoms with Gasteiger partial charge in [-0.05, 0) is 13.0 Å². The smallest absolute Gasteiger partial charge is 0.253 e. The fourth-order valence-corrected chi connectivity index (χ4v) is 1.81. The van der Waals surface area contributed by atoms with Crippen molar-refractivity contribution >= 4 is 5.91 Å². The van der Waals surface area contributed by atoms with Gasteiger partial charge >= 0.3 is 0 Å². The highest BCUT2D eigenvalue weighted by atomic mass is 16.1. The molecule has 7 heteroatoms. The van der Waals surface area contributed by atoms with Crippen LogP contribution in [0.2, 0.25) is 0 Å². The molecule has 2 heterocycles. The van der Waals surface area contributed by atoms with Crippen LogP contribution in [0.4, 0.5) is 0 Å². The molecule has 0 radical (unpaired) electrons. The second kappa shape index (κ2) is 6.63. The summed E-state index contributed by atoms with van der Waals surface area (Å²) in [6.45, 7) is 2.10. The van der Waals surface area contributed by atoms with Crippen LogP contribution in [-0.2, 0) is 7.05 Å². The molecule has 108 valence electrons. The molecule has 2 rings (SSSR count). The molecular formula is C14H16N6O. The quantitative estimate of drug-likeness (QED) is 0.774. The number of aryl methyl sites for hydroxylation is 1. The number of nitrogens with two attached hydrogens (primary N) is 1. The largest absolute Gasteiger partial charge is 0.342 e. The minimum atomic E-state index is -0.260. The first-order chi connectivity index (χ1) is 10.1. The zero-order chi connectivity index (χ0) is 15.2. The minimum Gasteiger partial charge on any atom is -0.342 e. The first-order valence-electron chi connectivity index (χ1n) is 6.40. The molecule has 0 bridgehead atoms. The Morgan fingerprint density at radius 1 is 1.52 bits per heavy atom. The molecule has 3 N–H and O–H groups in total. The van der Waals surface area contributed by atoms with E-state index in [1.54, 1.807) is 23.2 Å². The van der Waals surface area contributed by atoms with Gasteiger partial charge in [-0.25, -0.2) is 0 Å². The van der Waals surface area contributed by atoms with E-state index in [1.165, 1.54) is 6.20 Å². The average Bonchev–Trinajstić information content (AvgIpc) is 2.91. The first-order valence-corrected chi connectivity index (χ1v) is 6.40. The Kier molecular flexibility index (Phi) is 4.64. The van der Waals surface area contributed by atoms with Crippen LogP contribution in [0.1, 0.15) is 34.7 Å². The Morgan fingerprint density at radius 2 is 2.33 bits per heavy atom. The number of hydrogen-bond acceptors (Lipinski definition) is 5. The second-order valence-corrected chi connectivity index (χ2v) is 4.46. The molecule has 1 amide bonds. The predicted octanol–water partition coefficient (Wildman–Crippen LogP) is 0.0113. The lowest BCUT2D eigenvalue weighted by Gasteiger charge is -2.12. The van der Waals surface area contributed by atoms with Crippen molar-refractivity contribution in [3.63, 3.8) is 0 Å². The van der Waals surface area contributed by atoms with E-state index in [2.05, 4.69) is 32.3 Å². The normalized spacial score (nSPS) is 11.4. The van der Waals surface area contributed by atoms with Gasteiger partial charge in [0.25, 0.3) is 5.91 Å². The molecule has 1 unspecified atom stereocenters. The summed E-state index contributed by atoms with van der Waals surface area (Å²) in [7, 11) is 1.82. The van der Waals surface area contributed by atoms with Crippen molar-refractivity contribution in [1.82, 2.24) is 25.1 Å². The van der Waals surface area contributed by atoms with Crippen LogP contribution in [0.15, 0.2) is 24.8 Å². The standard InChI is InChI=1S/C14H16N6O/c1-10(13-19-17-9-20(13)2)18-14(21)12-6-11(4-3-5-15)7-16-8-12/h6-10H,5,15H2,1-2H3,(H,18,21). The summed E-state index contributed by atoms with van der Waals surface area (Å²) >= 11 is 0. The van der Waals surface area contributed by atoms with Crippen molar-refractivity contribution in [3.05, 3.63) is 41.7 Å². The van der Waals surface area contributed by atoms with Crippen LogP contribution >= 0.6 is 0 Å². The molecule has 7 nitrogen and oxygen atoms in total. The number of aromatic nitrogens is 4. The molecule has 0 aliphatic heterocycles. The number of amides is 1. The van der Waals surface area contributed by atoms with Gasteiger partial charge in [0.1, 0.15) is 6.33 Å². The third-order valence-corrected chi connectivity index (χ3v) is 2.82. The lowest BCUT2D eigenvalue weighted by atomic mass is 10.2. The monoisotopic (exact) mass is 284 g/mol. The van der Waals surface area contributed by atoms with E-state index in [1.807, 2.05) is 14.0 Å². The Morgan fingerprint density at radius 3 is 3.00 bits per heavy atom. The van der Waals surface area contributed by atoms with Gasteiger partial charge in [0, 0.05) is 25.0 Å². The van der Waals surface area contributed by atoms with Crippen LogP contribution in [0.25, 0.3) is 0 Å². The second-order valence-electron chi connectivity index (χ2n) is 4.46. The minimum absolute atomic E-state index is 0.241. The highest BCUT2D eigenvalue weighted by Crippen LogP contribution is 2.09. The number of nitrogens with one attached hydrogen (secondary N) is 1. The molecule has 2 aromatic rings. The van der Waals surface area contributed by atoms with E-state index in [-0.39, 0.29) is 18.5 Å². The Bertz CT molecular complexity index is 697. The molecule has 1 atom stereocenters. The molecular weight excluding hydrogens is 268 g/mol. The van der Waals surface area contributed by atoms with Gasteiger partial charge in [0.2, 0.25) is 0 Å². The maximum absolute atomic E-state index is 12.2. The van der Waals surface area contributed by atoms with Crippen LogP contribution in [0.3, 0.4) is 0 Å². The van der Waals surface area contributed by atoms with Crippen LogP contribution < -0.4 is 11.1 Å². The van der Waals surface area contributed by atoms with E-state index >= 15 is 0 Å². The first kappa shape index (κ1) is 14.7. The van der Waals surface area contributed by atoms with E-state index in [4.69, 9.17) is 5.73 Å². The fraction of sp³-hybridized carbons (Fsp3) is 0.286. The summed E-state index contributed by atoms with van der Waals surface area (Å²) in [6, 6.07) is 1.41. The molecule has 2 aromatic heterocycles. The number of nitrogens with zero attached hydrogens (tertiary/aromatic N) is 4. The van der Waals surface area contributed by atoms with Gasteiger partial charge in [-0.3, -0.25) is 9.78 Å². The number of hydrogen-bond donors (Lipinski definition) is 2. The van der Waals surface area contributed by atoms with Crippen LogP contribution in [0.5, 0.6) is 0 Å². The van der Waals surface area contributed by atoms with Crippen molar-refractivity contribution in [3.8, 4) is 11.8 Å². The number of carbonyl (C=O) groups is 1. The van der Waals surface area contributed by atoms with Gasteiger partial charge in [-0.1, -0.05) is 11.8 Å². The number of rotatable bonds is 3. The summed E-state index contributed by atoms with van der Waals surface area (Å²) in [5.41, 5.74) is 6.41. The van der Waals surface area contributed by atoms with Crippen molar-refractivity contribution < 1.29 is 4.79 Å². The maximum Gasteiger partial charge on any atom is 0.253 e. The highest BCUT2D eigenvalue weighted by Gasteiger charge is 2.15. The predicted molar refractivity (Wildman–Crippen MR) is 77.1 cm³/mol. The molecule has 0 aliphatic carbocycles. The lowest BCUT2D eigenvalue weighted by Crippen LogP contribution is -2.28. The van der Waals surface area contributed by atoms with Gasteiger partial charge in [0.15, 0.2) is 5.82 Å². The average molecular weight is 284 g/mol. The van der Waals surface area contributed by atoms with Crippen LogP contribution in [0, 0.1) is 11.8 Å². The van der Waals surface area contributed by atoms with Crippen molar-refractivity contribution in [1.29, 1.82) is 0 Å². The summed E-state index contributed by atoms with van der Waals surface area (Å²) in [6.07, 6.45) is 4.67. The lowest BCUT2D eigenvalue weighted by molar-refractivity contribution is 0.0937. The zero-order valence-electron chi connectivity index (χ0n) is 11.9. The summed E-state index contributed by atoms with van der Waals surface area (Å²) in [4.78, 5) is 16.2. The molecule has 0 fully saturated rings. The van der Waals surface area contributed by atoms with Crippen molar-refractivity contribution in [2.24, 2.45) is 12.8 Å². The maximum atomic E-state index is 12.2. The number of pyridine rings is 1. The zero-order valence-corrected chi connectivity index (χ0v) is 11.9. The summed E-state index contributed by atoms with van der Waals surface area (Å²) in [5, 5.41) is 10.6. The fourth-order valence-electron chi connectivity index (χ4n) is 1.81. The Balaban J connectivity index is 2.12. The van der Waals surface area contributed by atoms with E-state index in [0.717, 1.165) is 0 Å². The SMILES string of the molecule is CC(NC(=O)c1cncc(C#CCN)c1)c1nncn1C.